The van der Waals surface area contributed by atoms with E-state index in [0.717, 1.165) is 30.6 Å². The highest BCUT2D eigenvalue weighted by Crippen LogP contribution is 2.36. The van der Waals surface area contributed by atoms with Gasteiger partial charge in [0.15, 0.2) is 8.32 Å². The molecule has 33 heavy (non-hydrogen) atoms. The summed E-state index contributed by atoms with van der Waals surface area (Å²) in [6, 6.07) is 20.4. The SMILES string of the molecule is CC(C)(C)[Si](C)(C)OCC#C/C=C\C#CCCC/C=N/N(c1ccccc1)c1ccccc1. The van der Waals surface area contributed by atoms with E-state index >= 15 is 0 Å². The molecule has 0 saturated carbocycles. The lowest BCUT2D eigenvalue weighted by molar-refractivity contribution is 0.334. The van der Waals surface area contributed by atoms with Crippen LogP contribution in [-0.4, -0.2) is 21.1 Å². The van der Waals surface area contributed by atoms with Crippen LogP contribution in [0.1, 0.15) is 40.0 Å². The van der Waals surface area contributed by atoms with Crippen molar-refractivity contribution in [1.82, 2.24) is 0 Å². The lowest BCUT2D eigenvalue weighted by Crippen LogP contribution is -2.40. The van der Waals surface area contributed by atoms with Gasteiger partial charge in [-0.25, -0.2) is 5.01 Å². The molecular formula is C29H36N2OSi. The molecule has 3 nitrogen and oxygen atoms in total. The highest BCUT2D eigenvalue weighted by Gasteiger charge is 2.36. The van der Waals surface area contributed by atoms with Crippen molar-refractivity contribution in [2.75, 3.05) is 11.6 Å². The molecule has 172 valence electrons. The summed E-state index contributed by atoms with van der Waals surface area (Å²) in [5, 5.41) is 6.86. The highest BCUT2D eigenvalue weighted by atomic mass is 28.4. The zero-order chi connectivity index (χ0) is 24.0. The number of nitrogens with zero attached hydrogens (tertiary/aromatic N) is 2. The summed E-state index contributed by atoms with van der Waals surface area (Å²) in [7, 11) is -1.72. The number of allylic oxidation sites excluding steroid dienone is 2. The second-order valence-corrected chi connectivity index (χ2v) is 14.0. The first-order valence-electron chi connectivity index (χ1n) is 11.5. The second-order valence-electron chi connectivity index (χ2n) is 9.20. The van der Waals surface area contributed by atoms with Gasteiger partial charge in [-0.1, -0.05) is 80.9 Å². The van der Waals surface area contributed by atoms with Gasteiger partial charge in [-0.15, -0.1) is 0 Å². The van der Waals surface area contributed by atoms with E-state index in [4.69, 9.17) is 9.53 Å². The Kier molecular flexibility index (Phi) is 10.7. The van der Waals surface area contributed by atoms with Crippen LogP contribution in [0, 0.1) is 23.7 Å². The van der Waals surface area contributed by atoms with Crippen molar-refractivity contribution in [3.63, 3.8) is 0 Å². The van der Waals surface area contributed by atoms with Crippen LogP contribution in [0.25, 0.3) is 0 Å². The van der Waals surface area contributed by atoms with Crippen molar-refractivity contribution in [2.24, 2.45) is 5.10 Å². The summed E-state index contributed by atoms with van der Waals surface area (Å²) in [6.07, 6.45) is 8.23. The van der Waals surface area contributed by atoms with Gasteiger partial charge in [0.25, 0.3) is 0 Å². The molecule has 2 rings (SSSR count). The van der Waals surface area contributed by atoms with Crippen LogP contribution in [0.5, 0.6) is 0 Å². The van der Waals surface area contributed by atoms with E-state index < -0.39 is 8.32 Å². The van der Waals surface area contributed by atoms with Gasteiger partial charge in [-0.3, -0.25) is 0 Å². The molecule has 2 aromatic rings. The molecule has 0 aliphatic carbocycles. The molecule has 0 bridgehead atoms. The molecule has 0 aliphatic heterocycles. The summed E-state index contributed by atoms with van der Waals surface area (Å²) in [4.78, 5) is 0. The van der Waals surface area contributed by atoms with Gasteiger partial charge in [0.2, 0.25) is 0 Å². The van der Waals surface area contributed by atoms with Gasteiger partial charge in [0.05, 0.1) is 18.0 Å². The molecule has 0 N–H and O–H groups in total. The van der Waals surface area contributed by atoms with Gasteiger partial charge >= 0.3 is 0 Å². The molecule has 0 spiro atoms. The summed E-state index contributed by atoms with van der Waals surface area (Å²) >= 11 is 0. The Labute approximate surface area is 201 Å². The normalized spacial score (nSPS) is 11.7. The smallest absolute Gasteiger partial charge is 0.193 e. The average Bonchev–Trinajstić information content (AvgIpc) is 2.80. The molecule has 0 fully saturated rings. The summed E-state index contributed by atoms with van der Waals surface area (Å²) in [5.74, 6) is 12.3. The van der Waals surface area contributed by atoms with Crippen LogP contribution in [0.3, 0.4) is 0 Å². The van der Waals surface area contributed by atoms with Crippen LogP contribution in [0.15, 0.2) is 77.9 Å². The molecule has 0 aromatic heterocycles. The average molecular weight is 457 g/mol. The minimum absolute atomic E-state index is 0.210. The summed E-state index contributed by atoms with van der Waals surface area (Å²) < 4.78 is 6.03. The fourth-order valence-corrected chi connectivity index (χ4v) is 3.46. The number of hydrogen-bond acceptors (Lipinski definition) is 3. The fraction of sp³-hybridized carbons (Fsp3) is 0.345. The first kappa shape index (κ1) is 26.2. The number of benzene rings is 2. The van der Waals surface area contributed by atoms with E-state index in [2.05, 4.69) is 81.8 Å². The van der Waals surface area contributed by atoms with Crippen molar-refractivity contribution in [3.8, 4) is 23.7 Å². The summed E-state index contributed by atoms with van der Waals surface area (Å²) in [6.45, 7) is 11.7. The van der Waals surface area contributed by atoms with Crippen molar-refractivity contribution < 1.29 is 4.43 Å². The molecule has 0 amide bonds. The Morgan fingerprint density at radius 3 is 1.97 bits per heavy atom. The minimum Gasteiger partial charge on any atom is -0.406 e. The predicted molar refractivity (Wildman–Crippen MR) is 145 cm³/mol. The molecule has 0 aliphatic rings. The molecule has 0 radical (unpaired) electrons. The van der Waals surface area contributed by atoms with Gasteiger partial charge in [-0.05, 0) is 67.4 Å². The second kappa shape index (κ2) is 13.5. The van der Waals surface area contributed by atoms with E-state index in [-0.39, 0.29) is 5.04 Å². The molecule has 0 unspecified atom stereocenters. The lowest BCUT2D eigenvalue weighted by atomic mass is 10.2. The standard InChI is InChI=1S/C29H36N2OSi/c1-29(2,3)33(4,5)32-26-20-12-10-8-6-7-9-11-19-25-30-31(27-21-15-13-16-22-27)28-23-17-14-18-24-28/h8,10,13-18,21-25H,9,11,19,26H2,1-5H3/b10-8-,30-25+. The Bertz CT molecular complexity index is 974. The number of unbranched alkanes of at least 4 members (excludes halogenated alkanes) is 2. The fourth-order valence-electron chi connectivity index (χ4n) is 2.59. The predicted octanol–water partition coefficient (Wildman–Crippen LogP) is 7.57. The maximum atomic E-state index is 6.03. The zero-order valence-corrected chi connectivity index (χ0v) is 21.6. The maximum absolute atomic E-state index is 6.03. The van der Waals surface area contributed by atoms with Crippen molar-refractivity contribution >= 4 is 25.9 Å². The number of hydrogen-bond donors (Lipinski definition) is 0. The topological polar surface area (TPSA) is 24.8 Å². The van der Waals surface area contributed by atoms with Gasteiger partial charge < -0.3 is 4.43 Å². The van der Waals surface area contributed by atoms with E-state index in [9.17, 15) is 0 Å². The Balaban J connectivity index is 1.74. The molecule has 0 heterocycles. The molecule has 0 atom stereocenters. The third kappa shape index (κ3) is 9.54. The Hall–Kier alpha value is -3.05. The third-order valence-electron chi connectivity index (χ3n) is 5.60. The first-order chi connectivity index (χ1) is 15.8. The van der Waals surface area contributed by atoms with Crippen molar-refractivity contribution in [2.45, 2.75) is 58.2 Å². The van der Waals surface area contributed by atoms with E-state index in [0.29, 0.717) is 6.61 Å². The molecule has 0 saturated heterocycles. The van der Waals surface area contributed by atoms with Crippen LogP contribution in [-0.2, 0) is 4.43 Å². The first-order valence-corrected chi connectivity index (χ1v) is 14.4. The molecule has 2 aromatic carbocycles. The third-order valence-corrected chi connectivity index (χ3v) is 10.1. The van der Waals surface area contributed by atoms with E-state index in [1.165, 1.54) is 0 Å². The molecule has 4 heteroatoms. The quantitative estimate of drug-likeness (QED) is 0.135. The largest absolute Gasteiger partial charge is 0.406 e. The van der Waals surface area contributed by atoms with Crippen LogP contribution in [0.2, 0.25) is 18.1 Å². The lowest BCUT2D eigenvalue weighted by Gasteiger charge is -2.35. The minimum atomic E-state index is -1.72. The van der Waals surface area contributed by atoms with Crippen molar-refractivity contribution in [3.05, 3.63) is 72.8 Å². The Morgan fingerprint density at radius 2 is 1.42 bits per heavy atom. The summed E-state index contributed by atoms with van der Waals surface area (Å²) in [5.41, 5.74) is 2.08. The van der Waals surface area contributed by atoms with Crippen molar-refractivity contribution in [1.29, 1.82) is 0 Å². The van der Waals surface area contributed by atoms with Crippen LogP contribution >= 0.6 is 0 Å². The Morgan fingerprint density at radius 1 is 0.879 bits per heavy atom. The van der Waals surface area contributed by atoms with Gasteiger partial charge in [0.1, 0.15) is 0 Å². The highest BCUT2D eigenvalue weighted by molar-refractivity contribution is 6.74. The maximum Gasteiger partial charge on any atom is 0.193 e. The molecular weight excluding hydrogens is 420 g/mol. The number of para-hydroxylation sites is 2. The number of rotatable bonds is 8. The monoisotopic (exact) mass is 456 g/mol. The van der Waals surface area contributed by atoms with Crippen LogP contribution < -0.4 is 5.01 Å². The zero-order valence-electron chi connectivity index (χ0n) is 20.6. The van der Waals surface area contributed by atoms with E-state index in [1.807, 2.05) is 47.6 Å². The van der Waals surface area contributed by atoms with Gasteiger partial charge in [-0.2, -0.15) is 5.10 Å². The number of hydrazone groups is 1. The van der Waals surface area contributed by atoms with Gasteiger partial charge in [0, 0.05) is 12.6 Å². The van der Waals surface area contributed by atoms with Crippen LogP contribution in [0.4, 0.5) is 11.4 Å². The number of anilines is 2. The van der Waals surface area contributed by atoms with E-state index in [1.54, 1.807) is 12.2 Å².